The Hall–Kier alpha value is -2.98. The molecule has 3 aromatic carbocycles. The summed E-state index contributed by atoms with van der Waals surface area (Å²) in [7, 11) is 0. The van der Waals surface area contributed by atoms with Crippen molar-refractivity contribution in [2.45, 2.75) is 51.8 Å². The van der Waals surface area contributed by atoms with Crippen LogP contribution in [0.25, 0.3) is 0 Å². The number of hydrogen-bond donors (Lipinski definition) is 0. The molecular formula is C28H29ClN2O2. The van der Waals surface area contributed by atoms with Crippen LogP contribution >= 0.6 is 11.6 Å². The van der Waals surface area contributed by atoms with Crippen LogP contribution in [0.2, 0.25) is 5.02 Å². The molecule has 0 saturated carbocycles. The fourth-order valence-electron chi connectivity index (χ4n) is 4.51. The number of rotatable bonds is 4. The summed E-state index contributed by atoms with van der Waals surface area (Å²) < 4.78 is 12.1. The lowest BCUT2D eigenvalue weighted by atomic mass is 9.86. The van der Waals surface area contributed by atoms with Gasteiger partial charge >= 0.3 is 0 Å². The van der Waals surface area contributed by atoms with Crippen molar-refractivity contribution in [3.8, 4) is 11.5 Å². The highest BCUT2D eigenvalue weighted by atomic mass is 35.5. The number of ether oxygens (including phenoxy) is 2. The van der Waals surface area contributed by atoms with E-state index < -0.39 is 0 Å². The van der Waals surface area contributed by atoms with Gasteiger partial charge in [0.25, 0.3) is 0 Å². The molecule has 2 heterocycles. The van der Waals surface area contributed by atoms with Gasteiger partial charge in [-0.2, -0.15) is 5.10 Å². The molecule has 0 bridgehead atoms. The lowest BCUT2D eigenvalue weighted by Gasteiger charge is -2.38. The molecule has 0 saturated heterocycles. The van der Waals surface area contributed by atoms with Crippen molar-refractivity contribution in [2.24, 2.45) is 5.10 Å². The minimum absolute atomic E-state index is 0.0707. The molecule has 0 N–H and O–H groups in total. The first-order chi connectivity index (χ1) is 15.8. The summed E-state index contributed by atoms with van der Waals surface area (Å²) >= 11 is 6.36. The minimum atomic E-state index is -0.294. The molecular weight excluding hydrogens is 432 g/mol. The Morgan fingerprint density at radius 1 is 1.03 bits per heavy atom. The Balaban J connectivity index is 1.52. The van der Waals surface area contributed by atoms with E-state index in [1.165, 1.54) is 5.56 Å². The second-order valence-corrected chi connectivity index (χ2v) is 10.1. The average molecular weight is 461 g/mol. The molecule has 2 aliphatic rings. The van der Waals surface area contributed by atoms with E-state index >= 15 is 0 Å². The van der Waals surface area contributed by atoms with Crippen molar-refractivity contribution in [2.75, 3.05) is 6.61 Å². The zero-order valence-electron chi connectivity index (χ0n) is 19.5. The standard InChI is InChI=1S/C28H29ClN2O2/c1-5-32-22-13-8-18(9-14-22)24-17-25-23-16-21(29)12-15-26(23)33-27(31(25)30-24)19-6-10-20(11-7-19)28(2,3)4/h6-16,25,27H,5,17H2,1-4H3/t25-,27+/m0/s1. The monoisotopic (exact) mass is 460 g/mol. The van der Waals surface area contributed by atoms with E-state index in [1.54, 1.807) is 0 Å². The largest absolute Gasteiger partial charge is 0.494 e. The van der Waals surface area contributed by atoms with Crippen LogP contribution in [0.5, 0.6) is 11.5 Å². The smallest absolute Gasteiger partial charge is 0.213 e. The van der Waals surface area contributed by atoms with Crippen molar-refractivity contribution >= 4 is 17.3 Å². The van der Waals surface area contributed by atoms with Crippen LogP contribution in [0.4, 0.5) is 0 Å². The number of halogens is 1. The lowest BCUT2D eigenvalue weighted by molar-refractivity contribution is -0.0190. The number of hydrazone groups is 1. The van der Waals surface area contributed by atoms with Crippen molar-refractivity contribution in [1.82, 2.24) is 5.01 Å². The minimum Gasteiger partial charge on any atom is -0.494 e. The van der Waals surface area contributed by atoms with Crippen LogP contribution < -0.4 is 9.47 Å². The van der Waals surface area contributed by atoms with Gasteiger partial charge in [-0.05, 0) is 65.9 Å². The fourth-order valence-corrected chi connectivity index (χ4v) is 4.69. The van der Waals surface area contributed by atoms with E-state index in [9.17, 15) is 0 Å². The maximum Gasteiger partial charge on any atom is 0.213 e. The van der Waals surface area contributed by atoms with Gasteiger partial charge in [-0.15, -0.1) is 0 Å². The molecule has 5 rings (SSSR count). The first-order valence-electron chi connectivity index (χ1n) is 11.5. The number of hydrogen-bond acceptors (Lipinski definition) is 4. The zero-order valence-corrected chi connectivity index (χ0v) is 20.3. The molecule has 33 heavy (non-hydrogen) atoms. The van der Waals surface area contributed by atoms with Crippen molar-refractivity contribution < 1.29 is 9.47 Å². The van der Waals surface area contributed by atoms with Crippen LogP contribution in [0.15, 0.2) is 71.8 Å². The molecule has 0 fully saturated rings. The summed E-state index contributed by atoms with van der Waals surface area (Å²) in [5, 5.41) is 7.86. The van der Waals surface area contributed by atoms with Crippen LogP contribution in [0.1, 0.15) is 68.6 Å². The van der Waals surface area contributed by atoms with Gasteiger partial charge in [0, 0.05) is 22.6 Å². The van der Waals surface area contributed by atoms with Crippen LogP contribution in [0.3, 0.4) is 0 Å². The molecule has 0 amide bonds. The third kappa shape index (κ3) is 4.20. The van der Waals surface area contributed by atoms with E-state index in [-0.39, 0.29) is 17.7 Å². The highest BCUT2D eigenvalue weighted by Gasteiger charge is 2.41. The van der Waals surface area contributed by atoms with Gasteiger partial charge in [0.1, 0.15) is 11.5 Å². The molecule has 0 aromatic heterocycles. The van der Waals surface area contributed by atoms with Gasteiger partial charge < -0.3 is 9.47 Å². The van der Waals surface area contributed by atoms with E-state index in [4.69, 9.17) is 26.2 Å². The Morgan fingerprint density at radius 3 is 2.42 bits per heavy atom. The predicted octanol–water partition coefficient (Wildman–Crippen LogP) is 7.28. The average Bonchev–Trinajstić information content (AvgIpc) is 3.25. The van der Waals surface area contributed by atoms with Crippen LogP contribution in [0, 0.1) is 0 Å². The lowest BCUT2D eigenvalue weighted by Crippen LogP contribution is -2.33. The summed E-state index contributed by atoms with van der Waals surface area (Å²) in [6.07, 6.45) is 0.499. The predicted molar refractivity (Wildman–Crippen MR) is 133 cm³/mol. The SMILES string of the molecule is CCOc1ccc(C2=NN3[C@@H](c4ccc(C(C)(C)C)cc4)Oc4ccc(Cl)cc4[C@@H]3C2)cc1. The molecule has 0 unspecified atom stereocenters. The van der Waals surface area contributed by atoms with Gasteiger partial charge in [-0.3, -0.25) is 0 Å². The number of fused-ring (bicyclic) bond motifs is 3. The van der Waals surface area contributed by atoms with Crippen molar-refractivity contribution in [1.29, 1.82) is 0 Å². The second kappa shape index (κ2) is 8.42. The third-order valence-corrected chi connectivity index (χ3v) is 6.55. The molecule has 0 radical (unpaired) electrons. The van der Waals surface area contributed by atoms with Gasteiger partial charge in [0.15, 0.2) is 0 Å². The first kappa shape index (κ1) is 21.8. The molecule has 2 aliphatic heterocycles. The van der Waals surface area contributed by atoms with Crippen molar-refractivity contribution in [3.05, 3.63) is 94.0 Å². The summed E-state index contributed by atoms with van der Waals surface area (Å²) in [6, 6.07) is 22.8. The second-order valence-electron chi connectivity index (χ2n) is 9.63. The summed E-state index contributed by atoms with van der Waals surface area (Å²) in [5.74, 6) is 1.74. The normalized spacial score (nSPS) is 19.4. The molecule has 5 heteroatoms. The van der Waals surface area contributed by atoms with E-state index in [0.29, 0.717) is 11.6 Å². The van der Waals surface area contributed by atoms with Gasteiger partial charge in [0.05, 0.1) is 18.4 Å². The van der Waals surface area contributed by atoms with Gasteiger partial charge in [0.2, 0.25) is 6.23 Å². The molecule has 170 valence electrons. The Kier molecular flexibility index (Phi) is 5.57. The Bertz CT molecular complexity index is 1180. The first-order valence-corrected chi connectivity index (χ1v) is 11.9. The molecule has 4 nitrogen and oxygen atoms in total. The van der Waals surface area contributed by atoms with Crippen molar-refractivity contribution in [3.63, 3.8) is 0 Å². The fraction of sp³-hybridized carbons (Fsp3) is 0.321. The number of benzene rings is 3. The van der Waals surface area contributed by atoms with E-state index in [2.05, 4.69) is 62.2 Å². The van der Waals surface area contributed by atoms with Crippen LogP contribution in [-0.4, -0.2) is 17.3 Å². The Morgan fingerprint density at radius 2 is 1.76 bits per heavy atom. The van der Waals surface area contributed by atoms with E-state index in [1.807, 2.05) is 37.3 Å². The molecule has 0 spiro atoms. The maximum absolute atomic E-state index is 6.49. The number of nitrogens with zero attached hydrogens (tertiary/aromatic N) is 2. The molecule has 0 aliphatic carbocycles. The highest BCUT2D eigenvalue weighted by molar-refractivity contribution is 6.30. The van der Waals surface area contributed by atoms with Gasteiger partial charge in [-0.1, -0.05) is 56.6 Å². The topological polar surface area (TPSA) is 34.1 Å². The Labute approximate surface area is 200 Å². The molecule has 3 aromatic rings. The molecule has 2 atom stereocenters. The van der Waals surface area contributed by atoms with Crippen LogP contribution in [-0.2, 0) is 5.41 Å². The third-order valence-electron chi connectivity index (χ3n) is 6.31. The summed E-state index contributed by atoms with van der Waals surface area (Å²) in [6.45, 7) is 9.32. The maximum atomic E-state index is 6.49. The quantitative estimate of drug-likeness (QED) is 0.410. The summed E-state index contributed by atoms with van der Waals surface area (Å²) in [4.78, 5) is 0. The van der Waals surface area contributed by atoms with Gasteiger partial charge in [-0.25, -0.2) is 5.01 Å². The highest BCUT2D eigenvalue weighted by Crippen LogP contribution is 2.48. The zero-order chi connectivity index (χ0) is 23.2. The summed E-state index contributed by atoms with van der Waals surface area (Å²) in [5.41, 5.74) is 5.70. The van der Waals surface area contributed by atoms with E-state index in [0.717, 1.165) is 40.3 Å².